The Morgan fingerprint density at radius 2 is 2.14 bits per heavy atom. The zero-order valence-corrected chi connectivity index (χ0v) is 8.79. The number of hydrogen-bond acceptors (Lipinski definition) is 2. The van der Waals surface area contributed by atoms with Crippen molar-refractivity contribution in [3.8, 4) is 0 Å². The van der Waals surface area contributed by atoms with Gasteiger partial charge < -0.3 is 15.3 Å². The van der Waals surface area contributed by atoms with Gasteiger partial charge in [0.1, 0.15) is 0 Å². The molecule has 80 valence electrons. The van der Waals surface area contributed by atoms with Crippen LogP contribution in [0.25, 0.3) is 0 Å². The number of nitrogens with zero attached hydrogens (tertiary/aromatic N) is 1. The van der Waals surface area contributed by atoms with Gasteiger partial charge in [0.2, 0.25) is 0 Å². The van der Waals surface area contributed by atoms with Crippen LogP contribution in [0.15, 0.2) is 0 Å². The number of carbonyl (C=O) groups excluding carboxylic acids is 1. The topological polar surface area (TPSA) is 52.6 Å². The summed E-state index contributed by atoms with van der Waals surface area (Å²) in [5.74, 6) is 0. The molecule has 1 heterocycles. The van der Waals surface area contributed by atoms with Gasteiger partial charge in [0.05, 0.1) is 6.10 Å². The van der Waals surface area contributed by atoms with Crippen LogP contribution in [0.5, 0.6) is 0 Å². The highest BCUT2D eigenvalue weighted by Crippen LogP contribution is 2.29. The van der Waals surface area contributed by atoms with Crippen molar-refractivity contribution in [3.05, 3.63) is 0 Å². The van der Waals surface area contributed by atoms with Crippen LogP contribution in [0.1, 0.15) is 33.1 Å². The first kappa shape index (κ1) is 9.77. The van der Waals surface area contributed by atoms with Crippen molar-refractivity contribution in [3.63, 3.8) is 0 Å². The standard InChI is InChI=1S/C10H18N2O2/c1-10(2)5-8(13)6-12(10)9(14)11-7-3-4-7/h7-8,13H,3-6H2,1-2H3,(H,11,14). The van der Waals surface area contributed by atoms with Crippen LogP contribution < -0.4 is 5.32 Å². The predicted octanol–water partition coefficient (Wildman–Crippen LogP) is 0.704. The maximum atomic E-state index is 11.8. The summed E-state index contributed by atoms with van der Waals surface area (Å²) >= 11 is 0. The highest BCUT2D eigenvalue weighted by atomic mass is 16.3. The zero-order chi connectivity index (χ0) is 10.3. The monoisotopic (exact) mass is 198 g/mol. The molecule has 2 amide bonds. The van der Waals surface area contributed by atoms with Crippen LogP contribution in [0.3, 0.4) is 0 Å². The van der Waals surface area contributed by atoms with Gasteiger partial charge in [-0.25, -0.2) is 4.79 Å². The van der Waals surface area contributed by atoms with Crippen molar-refractivity contribution in [1.82, 2.24) is 10.2 Å². The van der Waals surface area contributed by atoms with Crippen LogP contribution in [0.4, 0.5) is 4.79 Å². The molecule has 1 saturated heterocycles. The van der Waals surface area contributed by atoms with E-state index in [1.807, 2.05) is 13.8 Å². The smallest absolute Gasteiger partial charge is 0.318 e. The van der Waals surface area contributed by atoms with Gasteiger partial charge in [0, 0.05) is 18.1 Å². The Labute approximate surface area is 84.3 Å². The first-order valence-electron chi connectivity index (χ1n) is 5.25. The van der Waals surface area contributed by atoms with E-state index in [-0.39, 0.29) is 17.7 Å². The van der Waals surface area contributed by atoms with E-state index in [2.05, 4.69) is 5.32 Å². The summed E-state index contributed by atoms with van der Waals surface area (Å²) in [5, 5.41) is 12.5. The van der Waals surface area contributed by atoms with Crippen LogP contribution in [0.2, 0.25) is 0 Å². The number of aliphatic hydroxyl groups is 1. The number of likely N-dealkylation sites (tertiary alicyclic amines) is 1. The molecule has 2 fully saturated rings. The molecule has 1 aliphatic carbocycles. The van der Waals surface area contributed by atoms with Crippen molar-refractivity contribution in [1.29, 1.82) is 0 Å². The maximum absolute atomic E-state index is 11.8. The number of carbonyl (C=O) groups is 1. The molecule has 2 aliphatic rings. The van der Waals surface area contributed by atoms with Gasteiger partial charge in [-0.2, -0.15) is 0 Å². The Morgan fingerprint density at radius 1 is 1.50 bits per heavy atom. The number of hydrogen-bond donors (Lipinski definition) is 2. The summed E-state index contributed by atoms with van der Waals surface area (Å²) in [6.07, 6.45) is 2.51. The van der Waals surface area contributed by atoms with E-state index in [0.717, 1.165) is 12.8 Å². The van der Waals surface area contributed by atoms with E-state index >= 15 is 0 Å². The number of aliphatic hydroxyl groups excluding tert-OH is 1. The summed E-state index contributed by atoms with van der Waals surface area (Å²) in [6.45, 7) is 4.46. The molecule has 0 bridgehead atoms. The van der Waals surface area contributed by atoms with Gasteiger partial charge in [0.15, 0.2) is 0 Å². The van der Waals surface area contributed by atoms with Crippen molar-refractivity contribution in [2.24, 2.45) is 0 Å². The number of rotatable bonds is 1. The van der Waals surface area contributed by atoms with Crippen molar-refractivity contribution >= 4 is 6.03 Å². The second-order valence-corrected chi connectivity index (χ2v) is 5.00. The van der Waals surface area contributed by atoms with E-state index < -0.39 is 0 Å². The van der Waals surface area contributed by atoms with Crippen LogP contribution >= 0.6 is 0 Å². The summed E-state index contributed by atoms with van der Waals surface area (Å²) in [7, 11) is 0. The average molecular weight is 198 g/mol. The Hall–Kier alpha value is -0.770. The molecule has 14 heavy (non-hydrogen) atoms. The molecule has 0 aromatic heterocycles. The second-order valence-electron chi connectivity index (χ2n) is 5.00. The Morgan fingerprint density at radius 3 is 2.57 bits per heavy atom. The number of nitrogens with one attached hydrogen (secondary N) is 1. The Kier molecular flexibility index (Phi) is 2.18. The van der Waals surface area contributed by atoms with Crippen LogP contribution in [-0.4, -0.2) is 40.3 Å². The molecule has 1 saturated carbocycles. The molecule has 1 atom stereocenters. The fourth-order valence-corrected chi connectivity index (χ4v) is 2.05. The molecule has 0 spiro atoms. The Balaban J connectivity index is 1.97. The number of β-amino-alcohol motifs (C(OH)–C–C–N with tert-alkyl or cyclic N) is 1. The minimum Gasteiger partial charge on any atom is -0.391 e. The summed E-state index contributed by atoms with van der Waals surface area (Å²) in [5.41, 5.74) is -0.210. The normalized spacial score (nSPS) is 30.5. The van der Waals surface area contributed by atoms with Gasteiger partial charge in [-0.05, 0) is 33.1 Å². The minimum atomic E-state index is -0.366. The van der Waals surface area contributed by atoms with Gasteiger partial charge >= 0.3 is 6.03 Å². The molecular weight excluding hydrogens is 180 g/mol. The highest BCUT2D eigenvalue weighted by Gasteiger charge is 2.41. The predicted molar refractivity (Wildman–Crippen MR) is 53.0 cm³/mol. The zero-order valence-electron chi connectivity index (χ0n) is 8.79. The summed E-state index contributed by atoms with van der Waals surface area (Å²) in [4.78, 5) is 13.5. The van der Waals surface area contributed by atoms with Crippen LogP contribution in [0, 0.1) is 0 Å². The third-order valence-corrected chi connectivity index (χ3v) is 3.01. The molecule has 0 aromatic carbocycles. The van der Waals surface area contributed by atoms with E-state index in [1.165, 1.54) is 0 Å². The second kappa shape index (κ2) is 3.12. The molecule has 4 nitrogen and oxygen atoms in total. The van der Waals surface area contributed by atoms with Crippen molar-refractivity contribution in [2.45, 2.75) is 50.8 Å². The van der Waals surface area contributed by atoms with Gasteiger partial charge in [-0.15, -0.1) is 0 Å². The Bertz CT molecular complexity index is 249. The summed E-state index contributed by atoms with van der Waals surface area (Å²) in [6, 6.07) is 0.366. The van der Waals surface area contributed by atoms with Crippen molar-refractivity contribution < 1.29 is 9.90 Å². The highest BCUT2D eigenvalue weighted by molar-refractivity contribution is 5.76. The SMILES string of the molecule is CC1(C)CC(O)CN1C(=O)NC1CC1. The van der Waals surface area contributed by atoms with E-state index in [9.17, 15) is 9.90 Å². The molecular formula is C10H18N2O2. The fraction of sp³-hybridized carbons (Fsp3) is 0.900. The quantitative estimate of drug-likeness (QED) is 0.651. The van der Waals surface area contributed by atoms with E-state index in [4.69, 9.17) is 0 Å². The first-order valence-corrected chi connectivity index (χ1v) is 5.25. The molecule has 4 heteroatoms. The first-order chi connectivity index (χ1) is 6.49. The third-order valence-electron chi connectivity index (χ3n) is 3.01. The van der Waals surface area contributed by atoms with Gasteiger partial charge in [0.25, 0.3) is 0 Å². The van der Waals surface area contributed by atoms with Crippen molar-refractivity contribution in [2.75, 3.05) is 6.54 Å². The molecule has 0 aromatic rings. The van der Waals surface area contributed by atoms with Gasteiger partial charge in [-0.1, -0.05) is 0 Å². The maximum Gasteiger partial charge on any atom is 0.318 e. The molecule has 1 aliphatic heterocycles. The fourth-order valence-electron chi connectivity index (χ4n) is 2.05. The third kappa shape index (κ3) is 1.85. The lowest BCUT2D eigenvalue weighted by atomic mass is 10.0. The molecule has 2 N–H and O–H groups in total. The molecule has 2 rings (SSSR count). The van der Waals surface area contributed by atoms with Gasteiger partial charge in [-0.3, -0.25) is 0 Å². The minimum absolute atomic E-state index is 0.0194. The largest absolute Gasteiger partial charge is 0.391 e. The average Bonchev–Trinajstić information content (AvgIpc) is 2.77. The van der Waals surface area contributed by atoms with Crippen LogP contribution in [-0.2, 0) is 0 Å². The summed E-state index contributed by atoms with van der Waals surface area (Å²) < 4.78 is 0. The number of amides is 2. The molecule has 0 radical (unpaired) electrons. The lowest BCUT2D eigenvalue weighted by Crippen LogP contribution is -2.48. The lowest BCUT2D eigenvalue weighted by Gasteiger charge is -2.31. The molecule has 1 unspecified atom stereocenters. The number of urea groups is 1. The van der Waals surface area contributed by atoms with E-state index in [1.54, 1.807) is 4.90 Å². The van der Waals surface area contributed by atoms with E-state index in [0.29, 0.717) is 19.0 Å². The lowest BCUT2D eigenvalue weighted by molar-refractivity contribution is 0.159.